The van der Waals surface area contributed by atoms with E-state index in [9.17, 15) is 9.59 Å². The highest BCUT2D eigenvalue weighted by Gasteiger charge is 2.66. The lowest BCUT2D eigenvalue weighted by molar-refractivity contribution is -0.154. The molecule has 5 aliphatic rings. The van der Waals surface area contributed by atoms with Gasteiger partial charge in [0, 0.05) is 0 Å². The van der Waals surface area contributed by atoms with E-state index in [1.807, 2.05) is 0 Å². The molecule has 0 aromatic carbocycles. The standard InChI is InChI=1S/C11H10O3/c12-10-8-4-1-2-5(7-3-6(4)7)9(8)11(13)14-10/h1-2,4-9H,3H2/t4-,5?,6?,7?,8+,9?/m0/s1. The van der Waals surface area contributed by atoms with Crippen molar-refractivity contribution >= 4 is 11.9 Å². The van der Waals surface area contributed by atoms with Gasteiger partial charge in [-0.2, -0.15) is 0 Å². The van der Waals surface area contributed by atoms with Crippen molar-refractivity contribution in [1.82, 2.24) is 0 Å². The number of carbonyl (C=O) groups is 2. The van der Waals surface area contributed by atoms with Gasteiger partial charge in [0.1, 0.15) is 0 Å². The maximum absolute atomic E-state index is 11.5. The Kier molecular flexibility index (Phi) is 1.00. The molecule has 0 spiro atoms. The van der Waals surface area contributed by atoms with Crippen LogP contribution in [-0.2, 0) is 14.3 Å². The van der Waals surface area contributed by atoms with E-state index in [-0.39, 0.29) is 23.8 Å². The summed E-state index contributed by atoms with van der Waals surface area (Å²) in [6.45, 7) is 0. The van der Waals surface area contributed by atoms with Crippen molar-refractivity contribution in [3.63, 3.8) is 0 Å². The van der Waals surface area contributed by atoms with Crippen LogP contribution in [0.25, 0.3) is 0 Å². The fourth-order valence-electron chi connectivity index (χ4n) is 3.76. The van der Waals surface area contributed by atoms with Crippen molar-refractivity contribution in [2.45, 2.75) is 6.42 Å². The van der Waals surface area contributed by atoms with E-state index in [1.165, 1.54) is 6.42 Å². The molecule has 2 bridgehead atoms. The summed E-state index contributed by atoms with van der Waals surface area (Å²) < 4.78 is 4.74. The zero-order valence-electron chi connectivity index (χ0n) is 7.55. The summed E-state index contributed by atoms with van der Waals surface area (Å²) in [6.07, 6.45) is 5.48. The number of hydrogen-bond acceptors (Lipinski definition) is 3. The van der Waals surface area contributed by atoms with Gasteiger partial charge in [-0.25, -0.2) is 0 Å². The molecule has 0 amide bonds. The molecule has 0 N–H and O–H groups in total. The third kappa shape index (κ3) is 0.606. The molecule has 4 unspecified atom stereocenters. The molecule has 1 aliphatic heterocycles. The second kappa shape index (κ2) is 1.95. The van der Waals surface area contributed by atoms with Crippen LogP contribution in [0, 0.1) is 35.5 Å². The van der Waals surface area contributed by atoms with Crippen LogP contribution in [0.5, 0.6) is 0 Å². The van der Waals surface area contributed by atoms with Crippen molar-refractivity contribution < 1.29 is 14.3 Å². The molecule has 14 heavy (non-hydrogen) atoms. The topological polar surface area (TPSA) is 43.4 Å². The van der Waals surface area contributed by atoms with Crippen LogP contribution < -0.4 is 0 Å². The molecule has 6 atom stereocenters. The quantitative estimate of drug-likeness (QED) is 0.321. The van der Waals surface area contributed by atoms with Crippen LogP contribution >= 0.6 is 0 Å². The van der Waals surface area contributed by atoms with Gasteiger partial charge in [0.15, 0.2) is 0 Å². The Morgan fingerprint density at radius 3 is 2.00 bits per heavy atom. The second-order valence-electron chi connectivity index (χ2n) is 4.89. The number of ether oxygens (including phenoxy) is 1. The van der Waals surface area contributed by atoms with Crippen LogP contribution in [0.2, 0.25) is 0 Å². The van der Waals surface area contributed by atoms with Gasteiger partial charge in [-0.05, 0) is 30.1 Å². The van der Waals surface area contributed by atoms with Gasteiger partial charge in [-0.1, -0.05) is 12.2 Å². The third-order valence-corrected chi connectivity index (χ3v) is 4.40. The summed E-state index contributed by atoms with van der Waals surface area (Å²) in [4.78, 5) is 23.0. The SMILES string of the molecule is O=C1OC(=O)[C@H]2C1C1C=C[C@H]2C2CC12. The van der Waals surface area contributed by atoms with Crippen LogP contribution in [-0.4, -0.2) is 11.9 Å². The van der Waals surface area contributed by atoms with E-state index in [1.54, 1.807) is 0 Å². The number of cyclic esters (lactones) is 2. The van der Waals surface area contributed by atoms with Gasteiger partial charge < -0.3 is 4.74 Å². The molecule has 3 heteroatoms. The minimum absolute atomic E-state index is 0.138. The Morgan fingerprint density at radius 1 is 1.00 bits per heavy atom. The number of allylic oxidation sites excluding steroid dienone is 2. The Morgan fingerprint density at radius 2 is 1.50 bits per heavy atom. The third-order valence-electron chi connectivity index (χ3n) is 4.40. The maximum atomic E-state index is 11.5. The highest BCUT2D eigenvalue weighted by Crippen LogP contribution is 2.65. The van der Waals surface area contributed by atoms with Gasteiger partial charge in [0.25, 0.3) is 0 Å². The normalized spacial score (nSPS) is 56.9. The molecule has 0 aromatic heterocycles. The van der Waals surface area contributed by atoms with Crippen molar-refractivity contribution in [2.24, 2.45) is 35.5 Å². The molecule has 5 rings (SSSR count). The number of carbonyl (C=O) groups excluding carboxylic acids is 2. The number of esters is 2. The van der Waals surface area contributed by atoms with Gasteiger partial charge in [-0.3, -0.25) is 9.59 Å². The molecule has 72 valence electrons. The molecule has 4 aliphatic carbocycles. The molecular formula is C11H10O3. The molecule has 3 nitrogen and oxygen atoms in total. The predicted octanol–water partition coefficient (Wildman–Crippen LogP) is 0.754. The zero-order valence-corrected chi connectivity index (χ0v) is 7.55. The van der Waals surface area contributed by atoms with Crippen LogP contribution in [0.4, 0.5) is 0 Å². The Labute approximate surface area is 81.1 Å². The fourth-order valence-corrected chi connectivity index (χ4v) is 3.76. The summed E-state index contributed by atoms with van der Waals surface area (Å²) in [5, 5.41) is 0. The van der Waals surface area contributed by atoms with E-state index in [4.69, 9.17) is 4.74 Å². The molecule has 2 saturated carbocycles. The minimum atomic E-state index is -0.273. The lowest BCUT2D eigenvalue weighted by Crippen LogP contribution is -2.40. The first-order valence-electron chi connectivity index (χ1n) is 5.21. The maximum Gasteiger partial charge on any atom is 0.318 e. The lowest BCUT2D eigenvalue weighted by atomic mass is 9.63. The minimum Gasteiger partial charge on any atom is -0.393 e. The van der Waals surface area contributed by atoms with Gasteiger partial charge in [0.05, 0.1) is 11.8 Å². The Hall–Kier alpha value is -1.12. The van der Waals surface area contributed by atoms with E-state index in [2.05, 4.69) is 12.2 Å². The first-order valence-corrected chi connectivity index (χ1v) is 5.21. The second-order valence-corrected chi connectivity index (χ2v) is 4.89. The molecule has 1 heterocycles. The Balaban J connectivity index is 1.88. The average molecular weight is 190 g/mol. The largest absolute Gasteiger partial charge is 0.393 e. The van der Waals surface area contributed by atoms with Crippen LogP contribution in [0.15, 0.2) is 12.2 Å². The number of rotatable bonds is 0. The van der Waals surface area contributed by atoms with Crippen molar-refractivity contribution in [2.75, 3.05) is 0 Å². The summed E-state index contributed by atoms with van der Waals surface area (Å²) >= 11 is 0. The van der Waals surface area contributed by atoms with Gasteiger partial charge >= 0.3 is 11.9 Å². The van der Waals surface area contributed by atoms with Gasteiger partial charge in [0.2, 0.25) is 0 Å². The molecule has 1 saturated heterocycles. The average Bonchev–Trinajstić information content (AvgIpc) is 2.92. The van der Waals surface area contributed by atoms with Gasteiger partial charge in [-0.15, -0.1) is 0 Å². The van der Waals surface area contributed by atoms with Crippen molar-refractivity contribution in [3.05, 3.63) is 12.2 Å². The van der Waals surface area contributed by atoms with E-state index in [0.29, 0.717) is 23.7 Å². The predicted molar refractivity (Wildman–Crippen MR) is 45.8 cm³/mol. The van der Waals surface area contributed by atoms with Crippen LogP contribution in [0.3, 0.4) is 0 Å². The summed E-state index contributed by atoms with van der Waals surface area (Å²) in [7, 11) is 0. The first kappa shape index (κ1) is 7.21. The molecule has 3 fully saturated rings. The highest BCUT2D eigenvalue weighted by molar-refractivity contribution is 5.97. The lowest BCUT2D eigenvalue weighted by Gasteiger charge is -2.36. The summed E-state index contributed by atoms with van der Waals surface area (Å²) in [5.41, 5.74) is 0. The summed E-state index contributed by atoms with van der Waals surface area (Å²) in [5.74, 6) is 1.12. The first-order chi connectivity index (χ1) is 6.77. The Bertz CT molecular complexity index is 350. The van der Waals surface area contributed by atoms with Crippen molar-refractivity contribution in [1.29, 1.82) is 0 Å². The van der Waals surface area contributed by atoms with E-state index < -0.39 is 0 Å². The molecule has 0 radical (unpaired) electrons. The number of hydrogen-bond donors (Lipinski definition) is 0. The molecular weight excluding hydrogens is 180 g/mol. The monoisotopic (exact) mass is 190 g/mol. The van der Waals surface area contributed by atoms with Crippen LogP contribution in [0.1, 0.15) is 6.42 Å². The summed E-state index contributed by atoms with van der Waals surface area (Å²) in [6, 6.07) is 0. The fraction of sp³-hybridized carbons (Fsp3) is 0.636. The van der Waals surface area contributed by atoms with E-state index >= 15 is 0 Å². The zero-order chi connectivity index (χ0) is 9.45. The molecule has 0 aromatic rings. The smallest absolute Gasteiger partial charge is 0.318 e. The van der Waals surface area contributed by atoms with E-state index in [0.717, 1.165) is 0 Å². The van der Waals surface area contributed by atoms with Crippen molar-refractivity contribution in [3.8, 4) is 0 Å². The highest BCUT2D eigenvalue weighted by atomic mass is 16.6.